The number of carbonyl (C=O) groups is 1. The maximum atomic E-state index is 12.4. The molecule has 1 rings (SSSR count). The molecule has 0 aliphatic rings. The van der Waals surface area contributed by atoms with E-state index in [9.17, 15) is 13.6 Å². The lowest BCUT2D eigenvalue weighted by Gasteiger charge is -2.08. The van der Waals surface area contributed by atoms with Gasteiger partial charge in [-0.25, -0.2) is 13.6 Å². The third-order valence-corrected chi connectivity index (χ3v) is 3.00. The van der Waals surface area contributed by atoms with Gasteiger partial charge in [0.25, 0.3) is 6.43 Å². The minimum absolute atomic E-state index is 0.00259. The van der Waals surface area contributed by atoms with Crippen molar-refractivity contribution in [3.63, 3.8) is 0 Å². The molecule has 0 radical (unpaired) electrons. The fourth-order valence-corrected chi connectivity index (χ4v) is 2.30. The highest BCUT2D eigenvalue weighted by Crippen LogP contribution is 2.32. The molecule has 0 saturated carbocycles. The molecule has 82 valence electrons. The van der Waals surface area contributed by atoms with Gasteiger partial charge in [0.2, 0.25) is 0 Å². The fourth-order valence-electron chi connectivity index (χ4n) is 0.922. The standard InChI is InChI=1S/C8H5Br2F2NO2/c1-15-8(14)4-3(9)2-13-6(5(4)10)7(11)12/h2,7H,1H3. The number of aromatic nitrogens is 1. The molecule has 0 spiro atoms. The Balaban J connectivity index is 3.36. The monoisotopic (exact) mass is 343 g/mol. The van der Waals surface area contributed by atoms with E-state index in [-0.39, 0.29) is 10.0 Å². The highest BCUT2D eigenvalue weighted by atomic mass is 79.9. The van der Waals surface area contributed by atoms with E-state index in [2.05, 4.69) is 41.6 Å². The maximum absolute atomic E-state index is 12.4. The predicted molar refractivity (Wildman–Crippen MR) is 55.9 cm³/mol. The zero-order valence-electron chi connectivity index (χ0n) is 7.43. The Bertz CT molecular complexity index is 398. The van der Waals surface area contributed by atoms with Crippen LogP contribution in [-0.4, -0.2) is 18.1 Å². The van der Waals surface area contributed by atoms with Crippen LogP contribution < -0.4 is 0 Å². The number of nitrogens with zero attached hydrogens (tertiary/aromatic N) is 1. The molecular formula is C8H5Br2F2NO2. The summed E-state index contributed by atoms with van der Waals surface area (Å²) >= 11 is 5.93. The molecule has 0 fully saturated rings. The molecule has 0 atom stereocenters. The molecule has 0 aliphatic carbocycles. The lowest BCUT2D eigenvalue weighted by molar-refractivity contribution is 0.0597. The molecular weight excluding hydrogens is 340 g/mol. The third-order valence-electron chi connectivity index (χ3n) is 1.60. The Hall–Kier alpha value is -0.560. The van der Waals surface area contributed by atoms with Crippen LogP contribution in [0.3, 0.4) is 0 Å². The highest BCUT2D eigenvalue weighted by Gasteiger charge is 2.22. The summed E-state index contributed by atoms with van der Waals surface area (Å²) in [4.78, 5) is 14.8. The summed E-state index contributed by atoms with van der Waals surface area (Å²) in [5.41, 5.74) is -0.485. The number of esters is 1. The van der Waals surface area contributed by atoms with E-state index in [1.165, 1.54) is 7.11 Å². The van der Waals surface area contributed by atoms with Gasteiger partial charge in [-0.3, -0.25) is 4.98 Å². The third kappa shape index (κ3) is 2.52. The van der Waals surface area contributed by atoms with E-state index >= 15 is 0 Å². The maximum Gasteiger partial charge on any atom is 0.340 e. The van der Waals surface area contributed by atoms with E-state index in [1.807, 2.05) is 0 Å². The first-order valence-corrected chi connectivity index (χ1v) is 5.28. The van der Waals surface area contributed by atoms with Gasteiger partial charge in [-0.1, -0.05) is 0 Å². The molecule has 0 aliphatic heterocycles. The topological polar surface area (TPSA) is 39.2 Å². The number of pyridine rings is 1. The van der Waals surface area contributed by atoms with Gasteiger partial charge in [0.15, 0.2) is 0 Å². The van der Waals surface area contributed by atoms with Gasteiger partial charge in [0.05, 0.1) is 21.6 Å². The van der Waals surface area contributed by atoms with Gasteiger partial charge < -0.3 is 4.74 Å². The molecule has 0 unspecified atom stereocenters. The molecule has 1 aromatic rings. The fraction of sp³-hybridized carbons (Fsp3) is 0.250. The summed E-state index contributed by atoms with van der Waals surface area (Å²) in [5, 5.41) is 0. The molecule has 15 heavy (non-hydrogen) atoms. The number of alkyl halides is 2. The molecule has 3 nitrogen and oxygen atoms in total. The molecule has 1 heterocycles. The molecule has 7 heteroatoms. The number of hydrogen-bond acceptors (Lipinski definition) is 3. The molecule has 0 bridgehead atoms. The Morgan fingerprint density at radius 1 is 1.53 bits per heavy atom. The van der Waals surface area contributed by atoms with E-state index < -0.39 is 18.1 Å². The zero-order chi connectivity index (χ0) is 11.6. The zero-order valence-corrected chi connectivity index (χ0v) is 10.6. The normalized spacial score (nSPS) is 10.5. The van der Waals surface area contributed by atoms with Crippen LogP contribution in [-0.2, 0) is 4.74 Å². The van der Waals surface area contributed by atoms with Gasteiger partial charge in [-0.15, -0.1) is 0 Å². The lowest BCUT2D eigenvalue weighted by Crippen LogP contribution is -2.07. The van der Waals surface area contributed by atoms with Crippen molar-refractivity contribution < 1.29 is 18.3 Å². The largest absolute Gasteiger partial charge is 0.465 e. The van der Waals surface area contributed by atoms with E-state index in [1.54, 1.807) is 0 Å². The van der Waals surface area contributed by atoms with Crippen molar-refractivity contribution in [2.24, 2.45) is 0 Å². The van der Waals surface area contributed by atoms with Crippen LogP contribution in [0.15, 0.2) is 15.1 Å². The first-order valence-electron chi connectivity index (χ1n) is 3.69. The van der Waals surface area contributed by atoms with E-state index in [0.29, 0.717) is 4.47 Å². The Morgan fingerprint density at radius 2 is 2.13 bits per heavy atom. The van der Waals surface area contributed by atoms with Gasteiger partial charge in [0.1, 0.15) is 5.69 Å². The summed E-state index contributed by atoms with van der Waals surface area (Å²) < 4.78 is 29.6. The first kappa shape index (κ1) is 12.5. The van der Waals surface area contributed by atoms with Crippen LogP contribution in [0.4, 0.5) is 8.78 Å². The van der Waals surface area contributed by atoms with Crippen molar-refractivity contribution in [1.82, 2.24) is 4.98 Å². The summed E-state index contributed by atoms with van der Waals surface area (Å²) in [6.07, 6.45) is -1.62. The van der Waals surface area contributed by atoms with Crippen molar-refractivity contribution in [3.05, 3.63) is 26.4 Å². The predicted octanol–water partition coefficient (Wildman–Crippen LogP) is 3.33. The number of rotatable bonds is 2. The van der Waals surface area contributed by atoms with Crippen molar-refractivity contribution >= 4 is 37.8 Å². The lowest BCUT2D eigenvalue weighted by atomic mass is 10.2. The SMILES string of the molecule is COC(=O)c1c(Br)cnc(C(F)F)c1Br. The quantitative estimate of drug-likeness (QED) is 0.772. The highest BCUT2D eigenvalue weighted by molar-refractivity contribution is 9.11. The number of carbonyl (C=O) groups excluding carboxylic acids is 1. The van der Waals surface area contributed by atoms with Crippen LogP contribution in [0, 0.1) is 0 Å². The van der Waals surface area contributed by atoms with E-state index in [0.717, 1.165) is 6.20 Å². The second-order valence-corrected chi connectivity index (χ2v) is 4.12. The summed E-state index contributed by atoms with van der Waals surface area (Å²) in [5.74, 6) is -0.710. The van der Waals surface area contributed by atoms with E-state index in [4.69, 9.17) is 0 Å². The Kier molecular flexibility index (Phi) is 4.15. The summed E-state index contributed by atoms with van der Waals surface area (Å²) in [6, 6.07) is 0. The average molecular weight is 345 g/mol. The summed E-state index contributed by atoms with van der Waals surface area (Å²) in [6.45, 7) is 0. The van der Waals surface area contributed by atoms with Crippen LogP contribution in [0.25, 0.3) is 0 Å². The number of hydrogen-bond donors (Lipinski definition) is 0. The van der Waals surface area contributed by atoms with Crippen molar-refractivity contribution in [1.29, 1.82) is 0 Å². The van der Waals surface area contributed by atoms with Crippen molar-refractivity contribution in [2.45, 2.75) is 6.43 Å². The second-order valence-electron chi connectivity index (χ2n) is 2.47. The Morgan fingerprint density at radius 3 is 2.60 bits per heavy atom. The van der Waals surface area contributed by atoms with Gasteiger partial charge in [0, 0.05) is 6.20 Å². The van der Waals surface area contributed by atoms with Gasteiger partial charge in [-0.2, -0.15) is 0 Å². The minimum atomic E-state index is -2.75. The van der Waals surface area contributed by atoms with Gasteiger partial charge >= 0.3 is 5.97 Å². The van der Waals surface area contributed by atoms with Gasteiger partial charge in [-0.05, 0) is 31.9 Å². The van der Waals surface area contributed by atoms with Crippen molar-refractivity contribution in [3.8, 4) is 0 Å². The van der Waals surface area contributed by atoms with Crippen LogP contribution in [0.5, 0.6) is 0 Å². The number of halogens is 4. The average Bonchev–Trinajstić information content (AvgIpc) is 2.16. The molecule has 1 aromatic heterocycles. The smallest absolute Gasteiger partial charge is 0.340 e. The van der Waals surface area contributed by atoms with Crippen LogP contribution >= 0.6 is 31.9 Å². The second kappa shape index (κ2) is 4.98. The number of methoxy groups -OCH3 is 1. The van der Waals surface area contributed by atoms with Crippen LogP contribution in [0.1, 0.15) is 22.5 Å². The minimum Gasteiger partial charge on any atom is -0.465 e. The Labute approximate surface area is 101 Å². The molecule has 0 N–H and O–H groups in total. The molecule has 0 aromatic carbocycles. The number of ether oxygens (including phenoxy) is 1. The van der Waals surface area contributed by atoms with Crippen LogP contribution in [0.2, 0.25) is 0 Å². The summed E-state index contributed by atoms with van der Waals surface area (Å²) in [7, 11) is 1.17. The first-order chi connectivity index (χ1) is 6.99. The molecule has 0 saturated heterocycles. The molecule has 0 amide bonds. The van der Waals surface area contributed by atoms with Crippen molar-refractivity contribution in [2.75, 3.05) is 7.11 Å².